The standard InChI is InChI=1S/C30H40N2O2/c1-4-5-6-21-7-9-22(10-8-21)24-11-12-26-25(19-24)13-16-30(2,3)28(26)31-29(33)34-27-20-32-17-14-23(27)15-18-32/h7-12,19,23,27-28H,4-6,13-18,20H2,1-3H3,(H,31,33)/t27-,28+/m1/s1. The minimum absolute atomic E-state index is 0.0104. The zero-order valence-electron chi connectivity index (χ0n) is 21.1. The first-order chi connectivity index (χ1) is 16.4. The summed E-state index contributed by atoms with van der Waals surface area (Å²) in [6.45, 7) is 9.96. The number of piperidine rings is 3. The van der Waals surface area contributed by atoms with Crippen LogP contribution in [0.5, 0.6) is 0 Å². The summed E-state index contributed by atoms with van der Waals surface area (Å²) in [7, 11) is 0. The highest BCUT2D eigenvalue weighted by atomic mass is 16.6. The average Bonchev–Trinajstić information content (AvgIpc) is 2.85. The van der Waals surface area contributed by atoms with Crippen molar-refractivity contribution in [3.8, 4) is 11.1 Å². The molecule has 0 aromatic heterocycles. The quantitative estimate of drug-likeness (QED) is 0.533. The fourth-order valence-electron chi connectivity index (χ4n) is 6.16. The number of alkyl carbamates (subject to hydrolysis) is 1. The molecule has 1 aliphatic carbocycles. The number of carbonyl (C=O) groups is 1. The molecular weight excluding hydrogens is 420 g/mol. The van der Waals surface area contributed by atoms with Gasteiger partial charge in [0.1, 0.15) is 6.10 Å². The van der Waals surface area contributed by atoms with Crippen molar-refractivity contribution >= 4 is 6.09 Å². The monoisotopic (exact) mass is 460 g/mol. The van der Waals surface area contributed by atoms with Crippen molar-refractivity contribution in [3.05, 3.63) is 59.2 Å². The molecule has 0 unspecified atom stereocenters. The lowest BCUT2D eigenvalue weighted by Gasteiger charge is -2.44. The molecule has 3 saturated heterocycles. The van der Waals surface area contributed by atoms with Crippen molar-refractivity contribution in [2.75, 3.05) is 19.6 Å². The summed E-state index contributed by atoms with van der Waals surface area (Å²) in [5.41, 5.74) is 6.51. The Bertz CT molecular complexity index is 1000. The van der Waals surface area contributed by atoms with Gasteiger partial charge in [-0.1, -0.05) is 69.7 Å². The summed E-state index contributed by atoms with van der Waals surface area (Å²) in [4.78, 5) is 15.4. The van der Waals surface area contributed by atoms with Crippen molar-refractivity contribution in [1.82, 2.24) is 10.2 Å². The summed E-state index contributed by atoms with van der Waals surface area (Å²) >= 11 is 0. The lowest BCUT2D eigenvalue weighted by Crippen LogP contribution is -2.53. The van der Waals surface area contributed by atoms with Crippen LogP contribution in [0.25, 0.3) is 11.1 Å². The zero-order valence-corrected chi connectivity index (χ0v) is 21.1. The predicted molar refractivity (Wildman–Crippen MR) is 138 cm³/mol. The molecule has 0 saturated carbocycles. The predicted octanol–water partition coefficient (Wildman–Crippen LogP) is 6.53. The fraction of sp³-hybridized carbons (Fsp3) is 0.567. The number of hydrogen-bond donors (Lipinski definition) is 1. The number of benzene rings is 2. The number of unbranched alkanes of at least 4 members (excludes halogenated alkanes) is 1. The van der Waals surface area contributed by atoms with Crippen LogP contribution in [-0.4, -0.2) is 36.7 Å². The van der Waals surface area contributed by atoms with Gasteiger partial charge < -0.3 is 10.1 Å². The van der Waals surface area contributed by atoms with Crippen LogP contribution in [0.1, 0.15) is 75.6 Å². The molecule has 34 heavy (non-hydrogen) atoms. The van der Waals surface area contributed by atoms with Gasteiger partial charge in [0.15, 0.2) is 0 Å². The van der Waals surface area contributed by atoms with Crippen LogP contribution in [-0.2, 0) is 17.6 Å². The summed E-state index contributed by atoms with van der Waals surface area (Å²) in [6.07, 6.45) is 7.79. The maximum Gasteiger partial charge on any atom is 0.407 e. The number of amides is 1. The molecule has 1 N–H and O–H groups in total. The number of aryl methyl sites for hydroxylation is 2. The van der Waals surface area contributed by atoms with Crippen LogP contribution in [0.4, 0.5) is 4.79 Å². The SMILES string of the molecule is CCCCc1ccc(-c2ccc3c(c2)CCC(C)(C)[C@H]3NC(=O)O[C@@H]2CN3CCC2CC3)cc1. The molecule has 182 valence electrons. The molecule has 2 aromatic carbocycles. The fourth-order valence-corrected chi connectivity index (χ4v) is 6.16. The van der Waals surface area contributed by atoms with Crippen molar-refractivity contribution < 1.29 is 9.53 Å². The Morgan fingerprint density at radius 2 is 1.82 bits per heavy atom. The smallest absolute Gasteiger partial charge is 0.407 e. The average molecular weight is 461 g/mol. The van der Waals surface area contributed by atoms with Gasteiger partial charge in [-0.3, -0.25) is 4.90 Å². The van der Waals surface area contributed by atoms with E-state index in [4.69, 9.17) is 4.74 Å². The third-order valence-corrected chi connectivity index (χ3v) is 8.50. The van der Waals surface area contributed by atoms with Crippen LogP contribution >= 0.6 is 0 Å². The molecule has 6 rings (SSSR count). The van der Waals surface area contributed by atoms with Crippen LogP contribution in [0.3, 0.4) is 0 Å². The van der Waals surface area contributed by atoms with Gasteiger partial charge >= 0.3 is 6.09 Å². The van der Waals surface area contributed by atoms with Crippen molar-refractivity contribution in [1.29, 1.82) is 0 Å². The molecule has 2 atom stereocenters. The van der Waals surface area contributed by atoms with E-state index < -0.39 is 0 Å². The van der Waals surface area contributed by atoms with Gasteiger partial charge in [-0.25, -0.2) is 4.79 Å². The Hall–Kier alpha value is -2.33. The largest absolute Gasteiger partial charge is 0.445 e. The third-order valence-electron chi connectivity index (χ3n) is 8.50. The van der Waals surface area contributed by atoms with Gasteiger partial charge in [0.2, 0.25) is 0 Å². The highest BCUT2D eigenvalue weighted by Crippen LogP contribution is 2.44. The Kier molecular flexibility index (Phi) is 6.70. The van der Waals surface area contributed by atoms with E-state index in [-0.39, 0.29) is 23.7 Å². The molecule has 3 aliphatic heterocycles. The Morgan fingerprint density at radius 1 is 1.09 bits per heavy atom. The van der Waals surface area contributed by atoms with E-state index in [1.165, 1.54) is 40.7 Å². The highest BCUT2D eigenvalue weighted by Gasteiger charge is 2.40. The van der Waals surface area contributed by atoms with E-state index in [1.54, 1.807) is 0 Å². The molecule has 3 fully saturated rings. The topological polar surface area (TPSA) is 41.6 Å². The Labute approximate surface area is 205 Å². The van der Waals surface area contributed by atoms with Crippen molar-refractivity contribution in [3.63, 3.8) is 0 Å². The molecule has 2 aromatic rings. The van der Waals surface area contributed by atoms with Gasteiger partial charge in [-0.15, -0.1) is 0 Å². The minimum atomic E-state index is -0.253. The number of fused-ring (bicyclic) bond motifs is 4. The second-order valence-electron chi connectivity index (χ2n) is 11.4. The Morgan fingerprint density at radius 3 is 2.50 bits per heavy atom. The van der Waals surface area contributed by atoms with Crippen molar-refractivity contribution in [2.24, 2.45) is 11.3 Å². The lowest BCUT2D eigenvalue weighted by molar-refractivity contribution is -0.0353. The second kappa shape index (κ2) is 9.73. The number of rotatable bonds is 6. The Balaban J connectivity index is 1.31. The van der Waals surface area contributed by atoms with Crippen LogP contribution in [0.15, 0.2) is 42.5 Å². The summed E-state index contributed by atoms with van der Waals surface area (Å²) < 4.78 is 5.98. The normalized spacial score (nSPS) is 27.1. The molecule has 3 heterocycles. The van der Waals surface area contributed by atoms with Gasteiger partial charge in [-0.2, -0.15) is 0 Å². The third kappa shape index (κ3) is 4.88. The first-order valence-electron chi connectivity index (χ1n) is 13.3. The molecule has 4 aliphatic rings. The van der Waals surface area contributed by atoms with E-state index >= 15 is 0 Å². The van der Waals surface area contributed by atoms with Gasteiger partial charge in [0, 0.05) is 6.54 Å². The van der Waals surface area contributed by atoms with E-state index in [9.17, 15) is 4.79 Å². The minimum Gasteiger partial charge on any atom is -0.445 e. The molecule has 4 nitrogen and oxygen atoms in total. The molecule has 1 amide bonds. The maximum atomic E-state index is 13.0. The maximum absolute atomic E-state index is 13.0. The summed E-state index contributed by atoms with van der Waals surface area (Å²) in [5.74, 6) is 0.526. The molecule has 0 spiro atoms. The highest BCUT2D eigenvalue weighted by molar-refractivity contribution is 5.70. The number of nitrogens with one attached hydrogen (secondary N) is 1. The first kappa shape index (κ1) is 23.4. The lowest BCUT2D eigenvalue weighted by atomic mass is 9.70. The molecule has 0 radical (unpaired) electrons. The van der Waals surface area contributed by atoms with Crippen molar-refractivity contribution in [2.45, 2.75) is 77.9 Å². The summed E-state index contributed by atoms with van der Waals surface area (Å²) in [6, 6.07) is 15.8. The van der Waals surface area contributed by atoms with E-state index in [0.29, 0.717) is 5.92 Å². The number of hydrogen-bond acceptors (Lipinski definition) is 3. The van der Waals surface area contributed by atoms with Crippen LogP contribution in [0, 0.1) is 11.3 Å². The molecule has 4 heteroatoms. The summed E-state index contributed by atoms with van der Waals surface area (Å²) in [5, 5.41) is 3.28. The second-order valence-corrected chi connectivity index (χ2v) is 11.4. The number of ether oxygens (including phenoxy) is 1. The van der Waals surface area contributed by atoms with Gasteiger partial charge in [-0.05, 0) is 90.8 Å². The number of carbonyl (C=O) groups excluding carboxylic acids is 1. The van der Waals surface area contributed by atoms with Crippen LogP contribution < -0.4 is 5.32 Å². The van der Waals surface area contributed by atoms with Gasteiger partial charge in [0.25, 0.3) is 0 Å². The molecular formula is C30H40N2O2. The van der Waals surface area contributed by atoms with Crippen LogP contribution in [0.2, 0.25) is 0 Å². The van der Waals surface area contributed by atoms with E-state index in [0.717, 1.165) is 51.7 Å². The first-order valence-corrected chi connectivity index (χ1v) is 13.3. The van der Waals surface area contributed by atoms with E-state index in [1.807, 2.05) is 0 Å². The van der Waals surface area contributed by atoms with Gasteiger partial charge in [0.05, 0.1) is 6.04 Å². The van der Waals surface area contributed by atoms with E-state index in [2.05, 4.69) is 73.5 Å². The number of nitrogens with zero attached hydrogens (tertiary/aromatic N) is 1. The zero-order chi connectivity index (χ0) is 23.7. The molecule has 2 bridgehead atoms.